The van der Waals surface area contributed by atoms with Gasteiger partial charge in [-0.3, -0.25) is 4.57 Å². The highest BCUT2D eigenvalue weighted by molar-refractivity contribution is 9.10. The van der Waals surface area contributed by atoms with Gasteiger partial charge in [0, 0.05) is 5.56 Å². The van der Waals surface area contributed by atoms with Gasteiger partial charge in [-0.05, 0) is 46.3 Å². The van der Waals surface area contributed by atoms with Crippen LogP contribution in [-0.4, -0.2) is 19.7 Å². The van der Waals surface area contributed by atoms with E-state index in [0.717, 1.165) is 11.2 Å². The first-order valence-corrected chi connectivity index (χ1v) is 8.07. The molecule has 5 nitrogen and oxygen atoms in total. The Bertz CT molecular complexity index is 991. The fourth-order valence-electron chi connectivity index (χ4n) is 2.21. The third-order valence-corrected chi connectivity index (χ3v) is 5.23. The van der Waals surface area contributed by atoms with E-state index in [-0.39, 0.29) is 0 Å². The van der Waals surface area contributed by atoms with Gasteiger partial charge in [0.05, 0.1) is 20.2 Å². The number of hydrogen-bond donors (Lipinski definition) is 0. The van der Waals surface area contributed by atoms with E-state index in [1.54, 1.807) is 29.4 Å². The smallest absolute Gasteiger partial charge is 0.227 e. The Hall–Kier alpha value is -1.89. The van der Waals surface area contributed by atoms with Gasteiger partial charge >= 0.3 is 0 Å². The highest BCUT2D eigenvalue weighted by Crippen LogP contribution is 2.36. The summed E-state index contributed by atoms with van der Waals surface area (Å²) >= 11 is 15.6. The maximum Gasteiger partial charge on any atom is 0.227 e. The molecule has 4 aromatic rings. The number of halogens is 3. The van der Waals surface area contributed by atoms with E-state index in [0.29, 0.717) is 31.6 Å². The summed E-state index contributed by atoms with van der Waals surface area (Å²) in [5.74, 6) is 0.456. The van der Waals surface area contributed by atoms with Gasteiger partial charge in [-0.1, -0.05) is 23.2 Å². The molecule has 2 heterocycles. The van der Waals surface area contributed by atoms with E-state index in [2.05, 4.69) is 31.1 Å². The largest absolute Gasteiger partial charge is 0.436 e. The summed E-state index contributed by atoms with van der Waals surface area (Å²) in [6.45, 7) is 0. The Labute approximate surface area is 149 Å². The lowest BCUT2D eigenvalue weighted by Crippen LogP contribution is -1.88. The average molecular weight is 410 g/mol. The maximum atomic E-state index is 6.14. The zero-order chi connectivity index (χ0) is 16.0. The molecule has 0 bridgehead atoms. The van der Waals surface area contributed by atoms with Crippen molar-refractivity contribution in [2.75, 3.05) is 0 Å². The summed E-state index contributed by atoms with van der Waals surface area (Å²) in [7, 11) is 0. The third kappa shape index (κ3) is 2.63. The molecule has 0 aliphatic heterocycles. The zero-order valence-corrected chi connectivity index (χ0v) is 14.5. The van der Waals surface area contributed by atoms with Gasteiger partial charge in [0.15, 0.2) is 5.58 Å². The molecule has 0 fully saturated rings. The van der Waals surface area contributed by atoms with Crippen LogP contribution < -0.4 is 0 Å². The molecule has 0 atom stereocenters. The van der Waals surface area contributed by atoms with Crippen LogP contribution >= 0.6 is 39.1 Å². The fourth-order valence-corrected chi connectivity index (χ4v) is 2.93. The van der Waals surface area contributed by atoms with Crippen molar-refractivity contribution >= 4 is 50.2 Å². The predicted octanol–water partition coefficient (Wildman–Crippen LogP) is 5.14. The molecule has 0 spiro atoms. The van der Waals surface area contributed by atoms with E-state index >= 15 is 0 Å². The minimum Gasteiger partial charge on any atom is -0.436 e. The standard InChI is InChI=1S/C15H7BrCl2N4O/c16-14-10(17)3-8(4-11(14)18)15-21-12-5-9(1-2-13(12)23-15)22-6-19-20-7-22/h1-7H. The number of hydrogen-bond acceptors (Lipinski definition) is 4. The summed E-state index contributed by atoms with van der Waals surface area (Å²) in [5.41, 5.74) is 3.01. The second-order valence-corrected chi connectivity index (χ2v) is 6.40. The number of aromatic nitrogens is 4. The predicted molar refractivity (Wildman–Crippen MR) is 92.1 cm³/mol. The molecule has 2 aromatic carbocycles. The lowest BCUT2D eigenvalue weighted by Gasteiger charge is -2.01. The fraction of sp³-hybridized carbons (Fsp3) is 0. The van der Waals surface area contributed by atoms with E-state index in [4.69, 9.17) is 27.6 Å². The number of nitrogens with zero attached hydrogens (tertiary/aromatic N) is 4. The van der Waals surface area contributed by atoms with Crippen molar-refractivity contribution < 1.29 is 4.42 Å². The third-order valence-electron chi connectivity index (χ3n) is 3.32. The van der Waals surface area contributed by atoms with Gasteiger partial charge in [-0.25, -0.2) is 4.98 Å². The Balaban J connectivity index is 1.83. The lowest BCUT2D eigenvalue weighted by molar-refractivity contribution is 0.620. The first-order valence-electron chi connectivity index (χ1n) is 6.52. The molecule has 0 unspecified atom stereocenters. The quantitative estimate of drug-likeness (QED) is 0.430. The Morgan fingerprint density at radius 2 is 1.70 bits per heavy atom. The molecule has 0 saturated heterocycles. The summed E-state index contributed by atoms with van der Waals surface area (Å²) in [5, 5.41) is 8.59. The Morgan fingerprint density at radius 3 is 2.39 bits per heavy atom. The van der Waals surface area contributed by atoms with Crippen LogP contribution in [0.5, 0.6) is 0 Å². The van der Waals surface area contributed by atoms with Gasteiger partial charge in [-0.15, -0.1) is 10.2 Å². The van der Waals surface area contributed by atoms with Crippen LogP contribution in [0.1, 0.15) is 0 Å². The Kier molecular flexibility index (Phi) is 3.60. The highest BCUT2D eigenvalue weighted by atomic mass is 79.9. The van der Waals surface area contributed by atoms with Gasteiger partial charge in [0.1, 0.15) is 18.2 Å². The summed E-state index contributed by atoms with van der Waals surface area (Å²) in [4.78, 5) is 4.51. The van der Waals surface area contributed by atoms with Crippen molar-refractivity contribution in [2.45, 2.75) is 0 Å². The van der Waals surface area contributed by atoms with Crippen LogP contribution in [-0.2, 0) is 0 Å². The maximum absolute atomic E-state index is 6.14. The Morgan fingerprint density at radius 1 is 1.00 bits per heavy atom. The molecular formula is C15H7BrCl2N4O. The molecule has 0 amide bonds. The number of fused-ring (bicyclic) bond motifs is 1. The van der Waals surface area contributed by atoms with E-state index in [1.165, 1.54) is 0 Å². The van der Waals surface area contributed by atoms with Crippen molar-refractivity contribution in [3.8, 4) is 17.1 Å². The molecule has 0 radical (unpaired) electrons. The molecule has 114 valence electrons. The van der Waals surface area contributed by atoms with Crippen LogP contribution in [0.15, 0.2) is 51.9 Å². The van der Waals surface area contributed by atoms with Crippen LogP contribution in [0.2, 0.25) is 10.0 Å². The van der Waals surface area contributed by atoms with Crippen molar-refractivity contribution in [2.24, 2.45) is 0 Å². The van der Waals surface area contributed by atoms with Crippen LogP contribution in [0, 0.1) is 0 Å². The summed E-state index contributed by atoms with van der Waals surface area (Å²) in [6, 6.07) is 9.16. The van der Waals surface area contributed by atoms with Crippen molar-refractivity contribution in [1.82, 2.24) is 19.7 Å². The highest BCUT2D eigenvalue weighted by Gasteiger charge is 2.13. The topological polar surface area (TPSA) is 56.7 Å². The second-order valence-electron chi connectivity index (χ2n) is 4.79. The molecule has 4 rings (SSSR count). The van der Waals surface area contributed by atoms with Crippen molar-refractivity contribution in [3.63, 3.8) is 0 Å². The molecule has 0 N–H and O–H groups in total. The van der Waals surface area contributed by atoms with Crippen molar-refractivity contribution in [3.05, 3.63) is 57.5 Å². The van der Waals surface area contributed by atoms with E-state index < -0.39 is 0 Å². The van der Waals surface area contributed by atoms with Gasteiger partial charge < -0.3 is 4.42 Å². The molecule has 0 saturated carbocycles. The van der Waals surface area contributed by atoms with Crippen LogP contribution in [0.25, 0.3) is 28.2 Å². The molecule has 0 aliphatic carbocycles. The minimum atomic E-state index is 0.456. The number of benzene rings is 2. The number of oxazole rings is 1. The monoisotopic (exact) mass is 408 g/mol. The summed E-state index contributed by atoms with van der Waals surface area (Å²) in [6.07, 6.45) is 3.24. The molecule has 2 aromatic heterocycles. The van der Waals surface area contributed by atoms with Crippen molar-refractivity contribution in [1.29, 1.82) is 0 Å². The first-order chi connectivity index (χ1) is 11.1. The molecule has 0 aliphatic rings. The molecule has 8 heteroatoms. The zero-order valence-electron chi connectivity index (χ0n) is 11.4. The second kappa shape index (κ2) is 5.63. The lowest BCUT2D eigenvalue weighted by atomic mass is 10.2. The molecule has 23 heavy (non-hydrogen) atoms. The van der Waals surface area contributed by atoms with Gasteiger partial charge in [0.2, 0.25) is 5.89 Å². The van der Waals surface area contributed by atoms with Crippen LogP contribution in [0.4, 0.5) is 0 Å². The first kappa shape index (κ1) is 14.7. The van der Waals surface area contributed by atoms with E-state index in [1.807, 2.05) is 18.2 Å². The van der Waals surface area contributed by atoms with Crippen LogP contribution in [0.3, 0.4) is 0 Å². The average Bonchev–Trinajstić information content (AvgIpc) is 3.20. The van der Waals surface area contributed by atoms with E-state index in [9.17, 15) is 0 Å². The SMILES string of the molecule is Clc1cc(-c2nc3cc(-n4cnnc4)ccc3o2)cc(Cl)c1Br. The minimum absolute atomic E-state index is 0.456. The molecular weight excluding hydrogens is 403 g/mol. The normalized spacial score (nSPS) is 11.3. The van der Waals surface area contributed by atoms with Gasteiger partial charge in [0.25, 0.3) is 0 Å². The van der Waals surface area contributed by atoms with Gasteiger partial charge in [-0.2, -0.15) is 0 Å². The number of rotatable bonds is 2. The summed E-state index contributed by atoms with van der Waals surface area (Å²) < 4.78 is 8.23.